The lowest BCUT2D eigenvalue weighted by atomic mass is 9.96. The molecule has 2 N–H and O–H groups in total. The highest BCUT2D eigenvalue weighted by Crippen LogP contribution is 2.37. The summed E-state index contributed by atoms with van der Waals surface area (Å²) in [6.45, 7) is -0.660. The highest BCUT2D eigenvalue weighted by Gasteiger charge is 2.52. The molecular formula is C16H19Cl2F3N2O4. The summed E-state index contributed by atoms with van der Waals surface area (Å²) in [6, 6.07) is 4.65. The molecule has 1 fully saturated rings. The first-order valence-electron chi connectivity index (χ1n) is 7.77. The summed E-state index contributed by atoms with van der Waals surface area (Å²) in [5.41, 5.74) is 0.350. The predicted molar refractivity (Wildman–Crippen MR) is 95.6 cm³/mol. The van der Waals surface area contributed by atoms with Crippen molar-refractivity contribution in [2.45, 2.75) is 12.6 Å². The van der Waals surface area contributed by atoms with E-state index >= 15 is 0 Å². The Morgan fingerprint density at radius 1 is 1.37 bits per heavy atom. The van der Waals surface area contributed by atoms with Crippen LogP contribution < -0.4 is 10.1 Å². The average molecular weight is 431 g/mol. The Bertz CT molecular complexity index is 688. The van der Waals surface area contributed by atoms with Crippen molar-refractivity contribution in [3.05, 3.63) is 23.2 Å². The molecule has 11 heteroatoms. The first kappa shape index (κ1) is 23.3. The van der Waals surface area contributed by atoms with Gasteiger partial charge in [-0.3, -0.25) is 9.59 Å². The summed E-state index contributed by atoms with van der Waals surface area (Å²) in [5.74, 6) is -4.98. The molecule has 1 amide bonds. The Kier molecular flexibility index (Phi) is 8.19. The molecule has 1 aliphatic heterocycles. The summed E-state index contributed by atoms with van der Waals surface area (Å²) in [4.78, 5) is 24.5. The zero-order valence-corrected chi connectivity index (χ0v) is 15.8. The van der Waals surface area contributed by atoms with Crippen molar-refractivity contribution < 1.29 is 32.6 Å². The van der Waals surface area contributed by atoms with Crippen molar-refractivity contribution in [1.82, 2.24) is 4.90 Å². The number of hydrogen-bond donors (Lipinski definition) is 2. The number of halogens is 5. The number of aliphatic carboxylic acids is 1. The molecule has 152 valence electrons. The average Bonchev–Trinajstić information content (AvgIpc) is 2.98. The van der Waals surface area contributed by atoms with Crippen molar-refractivity contribution in [2.75, 3.05) is 32.1 Å². The lowest BCUT2D eigenvalue weighted by Gasteiger charge is -2.18. The van der Waals surface area contributed by atoms with Gasteiger partial charge in [-0.25, -0.2) is 0 Å². The normalized spacial score (nSPS) is 20.0. The molecule has 0 radical (unpaired) electrons. The van der Waals surface area contributed by atoms with Crippen LogP contribution in [0.25, 0.3) is 0 Å². The molecule has 2 rings (SSSR count). The number of amides is 1. The van der Waals surface area contributed by atoms with Crippen molar-refractivity contribution in [1.29, 1.82) is 0 Å². The van der Waals surface area contributed by atoms with E-state index in [-0.39, 0.29) is 31.9 Å². The van der Waals surface area contributed by atoms with Crippen molar-refractivity contribution in [3.8, 4) is 5.75 Å². The number of carbonyl (C=O) groups excluding carboxylic acids is 1. The number of methoxy groups -OCH3 is 1. The standard InChI is InChI=1S/C16H18ClF3N2O4.ClH/c1-26-13-3-2-9(17)6-12(13)21-14(23)4-5-22-7-10(15(24)25)11(8-22)16(18,19)20;/h2-3,6,10-11H,4-5,7-8H2,1H3,(H,21,23)(H,24,25);1H/t10-,11-;/m1./s1. The van der Waals surface area contributed by atoms with Gasteiger partial charge in [-0.05, 0) is 18.2 Å². The Morgan fingerprint density at radius 2 is 2.04 bits per heavy atom. The quantitative estimate of drug-likeness (QED) is 0.723. The maximum Gasteiger partial charge on any atom is 0.393 e. The van der Waals surface area contributed by atoms with E-state index in [4.69, 9.17) is 21.4 Å². The number of likely N-dealkylation sites (tertiary alicyclic amines) is 1. The van der Waals surface area contributed by atoms with Crippen molar-refractivity contribution in [2.24, 2.45) is 11.8 Å². The van der Waals surface area contributed by atoms with Gasteiger partial charge in [0.2, 0.25) is 5.91 Å². The molecule has 2 atom stereocenters. The van der Waals surface area contributed by atoms with E-state index in [2.05, 4.69) is 5.32 Å². The van der Waals surface area contributed by atoms with Gasteiger partial charge in [-0.2, -0.15) is 13.2 Å². The summed E-state index contributed by atoms with van der Waals surface area (Å²) < 4.78 is 44.0. The molecule has 1 heterocycles. The molecule has 1 aromatic carbocycles. The van der Waals surface area contributed by atoms with Crippen molar-refractivity contribution >= 4 is 41.6 Å². The third-order valence-electron chi connectivity index (χ3n) is 4.22. The van der Waals surface area contributed by atoms with E-state index in [0.29, 0.717) is 16.5 Å². The summed E-state index contributed by atoms with van der Waals surface area (Å²) in [6.07, 6.45) is -4.68. The van der Waals surface area contributed by atoms with Gasteiger partial charge in [0.1, 0.15) is 5.75 Å². The molecule has 0 spiro atoms. The van der Waals surface area contributed by atoms with E-state index in [1.165, 1.54) is 18.1 Å². The maximum atomic E-state index is 13.0. The molecular weight excluding hydrogens is 412 g/mol. The predicted octanol–water partition coefficient (Wildman–Crippen LogP) is 3.29. The number of hydrogen-bond acceptors (Lipinski definition) is 4. The van der Waals surface area contributed by atoms with Gasteiger partial charge < -0.3 is 20.1 Å². The van der Waals surface area contributed by atoms with Crippen LogP contribution in [0.15, 0.2) is 18.2 Å². The number of anilines is 1. The monoisotopic (exact) mass is 430 g/mol. The molecule has 0 unspecified atom stereocenters. The minimum atomic E-state index is -4.59. The van der Waals surface area contributed by atoms with Crippen LogP contribution >= 0.6 is 24.0 Å². The molecule has 0 saturated carbocycles. The number of nitrogens with zero attached hydrogens (tertiary/aromatic N) is 1. The van der Waals surface area contributed by atoms with Crippen LogP contribution in [0.4, 0.5) is 18.9 Å². The molecule has 1 saturated heterocycles. The Morgan fingerprint density at radius 3 is 2.56 bits per heavy atom. The second-order valence-electron chi connectivity index (χ2n) is 6.00. The molecule has 6 nitrogen and oxygen atoms in total. The van der Waals surface area contributed by atoms with Gasteiger partial charge in [0.05, 0.1) is 24.6 Å². The van der Waals surface area contributed by atoms with Crippen LogP contribution in [0.5, 0.6) is 5.75 Å². The highest BCUT2D eigenvalue weighted by atomic mass is 35.5. The minimum absolute atomic E-state index is 0. The van der Waals surface area contributed by atoms with Crippen LogP contribution in [-0.2, 0) is 9.59 Å². The van der Waals surface area contributed by atoms with E-state index in [9.17, 15) is 22.8 Å². The second-order valence-corrected chi connectivity index (χ2v) is 6.43. The number of carboxylic acid groups (broad SMARTS) is 1. The van der Waals surface area contributed by atoms with Crippen molar-refractivity contribution in [3.63, 3.8) is 0 Å². The number of nitrogens with one attached hydrogen (secondary N) is 1. The van der Waals surface area contributed by atoms with Gasteiger partial charge in [0, 0.05) is 31.1 Å². The van der Waals surface area contributed by atoms with E-state index in [0.717, 1.165) is 0 Å². The van der Waals surface area contributed by atoms with E-state index in [1.807, 2.05) is 0 Å². The third kappa shape index (κ3) is 6.15. The van der Waals surface area contributed by atoms with Crippen LogP contribution in [0.3, 0.4) is 0 Å². The Balaban J connectivity index is 0.00000364. The number of benzene rings is 1. The Hall–Kier alpha value is -1.71. The molecule has 0 aromatic heterocycles. The maximum absolute atomic E-state index is 13.0. The molecule has 27 heavy (non-hydrogen) atoms. The summed E-state index contributed by atoms with van der Waals surface area (Å²) in [5, 5.41) is 12.0. The lowest BCUT2D eigenvalue weighted by molar-refractivity contribution is -0.188. The van der Waals surface area contributed by atoms with Crippen LogP contribution in [0.2, 0.25) is 5.02 Å². The van der Waals surface area contributed by atoms with Crippen LogP contribution in [-0.4, -0.2) is 54.8 Å². The third-order valence-corrected chi connectivity index (χ3v) is 4.46. The fourth-order valence-corrected chi connectivity index (χ4v) is 3.07. The van der Waals surface area contributed by atoms with E-state index < -0.39 is 36.4 Å². The zero-order valence-electron chi connectivity index (χ0n) is 14.3. The SMILES string of the molecule is COc1ccc(Cl)cc1NC(=O)CCN1C[C@@H](C(F)(F)F)[C@H](C(=O)O)C1.Cl. The van der Waals surface area contributed by atoms with E-state index in [1.54, 1.807) is 12.1 Å². The van der Waals surface area contributed by atoms with Crippen LogP contribution in [0, 0.1) is 11.8 Å². The fourth-order valence-electron chi connectivity index (χ4n) is 2.90. The topological polar surface area (TPSA) is 78.9 Å². The largest absolute Gasteiger partial charge is 0.495 e. The summed E-state index contributed by atoms with van der Waals surface area (Å²) >= 11 is 5.87. The smallest absolute Gasteiger partial charge is 0.393 e. The first-order valence-corrected chi connectivity index (χ1v) is 8.15. The van der Waals surface area contributed by atoms with Gasteiger partial charge in [0.15, 0.2) is 0 Å². The number of ether oxygens (including phenoxy) is 1. The zero-order chi connectivity index (χ0) is 19.5. The molecule has 0 aliphatic carbocycles. The molecule has 1 aromatic rings. The highest BCUT2D eigenvalue weighted by molar-refractivity contribution is 6.31. The Labute approximate surface area is 165 Å². The summed E-state index contributed by atoms with van der Waals surface area (Å²) in [7, 11) is 1.42. The molecule has 0 bridgehead atoms. The number of carboxylic acids is 1. The second kappa shape index (κ2) is 9.48. The van der Waals surface area contributed by atoms with Gasteiger partial charge in [-0.1, -0.05) is 11.6 Å². The number of alkyl halides is 3. The van der Waals surface area contributed by atoms with Gasteiger partial charge in [0.25, 0.3) is 0 Å². The number of rotatable bonds is 6. The number of carbonyl (C=O) groups is 2. The van der Waals surface area contributed by atoms with Gasteiger partial charge in [-0.15, -0.1) is 12.4 Å². The molecule has 1 aliphatic rings. The van der Waals surface area contributed by atoms with Gasteiger partial charge >= 0.3 is 12.1 Å². The fraction of sp³-hybridized carbons (Fsp3) is 0.500. The lowest BCUT2D eigenvalue weighted by Crippen LogP contribution is -2.33. The first-order chi connectivity index (χ1) is 12.1. The van der Waals surface area contributed by atoms with Crippen LogP contribution in [0.1, 0.15) is 6.42 Å². The minimum Gasteiger partial charge on any atom is -0.495 e.